The molecule has 0 unspecified atom stereocenters. The first-order valence-electron chi connectivity index (χ1n) is 6.03. The van der Waals surface area contributed by atoms with Crippen molar-refractivity contribution in [2.24, 2.45) is 0 Å². The van der Waals surface area contributed by atoms with Gasteiger partial charge in [0.15, 0.2) is 0 Å². The topological polar surface area (TPSA) is 69.1 Å². The summed E-state index contributed by atoms with van der Waals surface area (Å²) >= 11 is 0. The van der Waals surface area contributed by atoms with Crippen LogP contribution in [-0.2, 0) is 12.8 Å². The number of aromatic nitrogens is 1. The molecular weight excluding hydrogens is 228 g/mol. The second kappa shape index (κ2) is 5.04. The molecule has 0 atom stereocenters. The van der Waals surface area contributed by atoms with E-state index in [2.05, 4.69) is 24.9 Å². The Morgan fingerprint density at radius 3 is 2.22 bits per heavy atom. The molecule has 94 valence electrons. The third-order valence-electron chi connectivity index (χ3n) is 2.84. The summed E-state index contributed by atoms with van der Waals surface area (Å²) in [6.07, 6.45) is 1.87. The van der Waals surface area contributed by atoms with Gasteiger partial charge in [-0.15, -0.1) is 0 Å². The number of anilines is 1. The van der Waals surface area contributed by atoms with Crippen LogP contribution in [0.4, 0.5) is 6.01 Å². The molecule has 0 spiro atoms. The number of nitrogens with zero attached hydrogens (tertiary/aromatic N) is 1. The summed E-state index contributed by atoms with van der Waals surface area (Å²) in [7, 11) is 0. The van der Waals surface area contributed by atoms with Gasteiger partial charge in [0.25, 0.3) is 11.6 Å². The first-order chi connectivity index (χ1) is 8.62. The van der Waals surface area contributed by atoms with Crippen LogP contribution in [0.2, 0.25) is 0 Å². The van der Waals surface area contributed by atoms with Crippen molar-refractivity contribution in [2.75, 3.05) is 5.73 Å². The zero-order valence-electron chi connectivity index (χ0n) is 10.6. The van der Waals surface area contributed by atoms with Gasteiger partial charge < -0.3 is 10.2 Å². The zero-order chi connectivity index (χ0) is 13.1. The lowest BCUT2D eigenvalue weighted by molar-refractivity contribution is 0.563. The van der Waals surface area contributed by atoms with Gasteiger partial charge in [-0.2, -0.15) is 4.98 Å². The SMILES string of the molecule is CCc1cc(CC)cc(-c2cc(=O)nc(N)o2)c1. The highest BCUT2D eigenvalue weighted by Crippen LogP contribution is 2.23. The van der Waals surface area contributed by atoms with E-state index in [0.717, 1.165) is 18.4 Å². The fourth-order valence-electron chi connectivity index (χ4n) is 1.87. The summed E-state index contributed by atoms with van der Waals surface area (Å²) in [5.74, 6) is 0.470. The van der Waals surface area contributed by atoms with Crippen LogP contribution < -0.4 is 11.3 Å². The third-order valence-corrected chi connectivity index (χ3v) is 2.84. The van der Waals surface area contributed by atoms with E-state index in [0.29, 0.717) is 5.76 Å². The van der Waals surface area contributed by atoms with E-state index in [9.17, 15) is 4.79 Å². The van der Waals surface area contributed by atoms with Gasteiger partial charge >= 0.3 is 0 Å². The van der Waals surface area contributed by atoms with Gasteiger partial charge in [-0.3, -0.25) is 4.79 Å². The molecular formula is C14H16N2O2. The molecule has 4 nitrogen and oxygen atoms in total. The van der Waals surface area contributed by atoms with Crippen LogP contribution in [0, 0.1) is 0 Å². The van der Waals surface area contributed by atoms with Crippen LogP contribution in [0.5, 0.6) is 0 Å². The van der Waals surface area contributed by atoms with Crippen LogP contribution in [0.15, 0.2) is 33.5 Å². The Kier molecular flexibility index (Phi) is 3.46. The largest absolute Gasteiger partial charge is 0.425 e. The molecule has 0 radical (unpaired) electrons. The number of nitrogen functional groups attached to an aromatic ring is 1. The Balaban J connectivity index is 2.58. The molecule has 2 rings (SSSR count). The van der Waals surface area contributed by atoms with Crippen LogP contribution in [0.3, 0.4) is 0 Å². The van der Waals surface area contributed by atoms with Crippen molar-refractivity contribution in [3.63, 3.8) is 0 Å². The highest BCUT2D eigenvalue weighted by atomic mass is 16.4. The predicted molar refractivity (Wildman–Crippen MR) is 71.4 cm³/mol. The maximum atomic E-state index is 11.3. The molecule has 1 aromatic carbocycles. The van der Waals surface area contributed by atoms with Crippen molar-refractivity contribution >= 4 is 6.01 Å². The molecule has 18 heavy (non-hydrogen) atoms. The second-order valence-electron chi connectivity index (χ2n) is 4.14. The monoisotopic (exact) mass is 244 g/mol. The third kappa shape index (κ3) is 2.59. The van der Waals surface area contributed by atoms with E-state index in [-0.39, 0.29) is 11.6 Å². The Labute approximate surface area is 105 Å². The number of aryl methyl sites for hydroxylation is 2. The molecule has 1 aromatic heterocycles. The van der Waals surface area contributed by atoms with Gasteiger partial charge in [0.2, 0.25) is 0 Å². The Bertz CT molecular complexity index is 595. The minimum Gasteiger partial charge on any atom is -0.425 e. The average Bonchev–Trinajstić information content (AvgIpc) is 2.37. The average molecular weight is 244 g/mol. The number of benzene rings is 1. The summed E-state index contributed by atoms with van der Waals surface area (Å²) < 4.78 is 5.31. The number of hydrogen-bond donors (Lipinski definition) is 1. The van der Waals surface area contributed by atoms with E-state index >= 15 is 0 Å². The summed E-state index contributed by atoms with van der Waals surface area (Å²) in [4.78, 5) is 14.8. The molecule has 0 amide bonds. The van der Waals surface area contributed by atoms with E-state index in [1.165, 1.54) is 17.2 Å². The normalized spacial score (nSPS) is 10.6. The molecule has 4 heteroatoms. The second-order valence-corrected chi connectivity index (χ2v) is 4.14. The Morgan fingerprint density at radius 1 is 1.11 bits per heavy atom. The van der Waals surface area contributed by atoms with Gasteiger partial charge in [0.1, 0.15) is 5.76 Å². The molecule has 0 fully saturated rings. The number of nitrogens with two attached hydrogens (primary N) is 1. The van der Waals surface area contributed by atoms with Crippen molar-refractivity contribution in [3.05, 3.63) is 45.7 Å². The van der Waals surface area contributed by atoms with E-state index in [1.807, 2.05) is 12.1 Å². The maximum Gasteiger partial charge on any atom is 0.295 e. The molecule has 0 bridgehead atoms. The maximum absolute atomic E-state index is 11.3. The highest BCUT2D eigenvalue weighted by molar-refractivity contribution is 5.59. The Hall–Kier alpha value is -2.10. The van der Waals surface area contributed by atoms with Crippen molar-refractivity contribution in [1.82, 2.24) is 4.98 Å². The quantitative estimate of drug-likeness (QED) is 0.900. The van der Waals surface area contributed by atoms with Gasteiger partial charge in [-0.25, -0.2) is 0 Å². The molecule has 0 aliphatic heterocycles. The van der Waals surface area contributed by atoms with Crippen LogP contribution >= 0.6 is 0 Å². The first kappa shape index (κ1) is 12.4. The van der Waals surface area contributed by atoms with Crippen LogP contribution in [0.1, 0.15) is 25.0 Å². The summed E-state index contributed by atoms with van der Waals surface area (Å²) in [6, 6.07) is 7.45. The van der Waals surface area contributed by atoms with Crippen molar-refractivity contribution in [1.29, 1.82) is 0 Å². The molecule has 2 aromatic rings. The lowest BCUT2D eigenvalue weighted by Crippen LogP contribution is -2.07. The standard InChI is InChI=1S/C14H16N2O2/c1-3-9-5-10(4-2)7-11(6-9)12-8-13(17)16-14(15)18-12/h5-8H,3-4H2,1-2H3,(H2,15,16,17). The van der Waals surface area contributed by atoms with E-state index in [4.69, 9.17) is 10.2 Å². The smallest absolute Gasteiger partial charge is 0.295 e. The van der Waals surface area contributed by atoms with Crippen LogP contribution in [-0.4, -0.2) is 4.98 Å². The van der Waals surface area contributed by atoms with E-state index in [1.54, 1.807) is 0 Å². The summed E-state index contributed by atoms with van der Waals surface area (Å²) in [5, 5.41) is 0. The summed E-state index contributed by atoms with van der Waals surface area (Å²) in [6.45, 7) is 4.19. The molecule has 2 N–H and O–H groups in total. The minimum absolute atomic E-state index is 0.0996. The fraction of sp³-hybridized carbons (Fsp3) is 0.286. The Morgan fingerprint density at radius 2 is 1.72 bits per heavy atom. The molecule has 0 aliphatic carbocycles. The van der Waals surface area contributed by atoms with Crippen molar-refractivity contribution in [2.45, 2.75) is 26.7 Å². The van der Waals surface area contributed by atoms with Gasteiger partial charge in [-0.05, 0) is 36.1 Å². The highest BCUT2D eigenvalue weighted by Gasteiger charge is 2.07. The van der Waals surface area contributed by atoms with Gasteiger partial charge in [0.05, 0.1) is 0 Å². The van der Waals surface area contributed by atoms with Crippen molar-refractivity contribution < 1.29 is 4.42 Å². The minimum atomic E-state index is -0.381. The zero-order valence-corrected chi connectivity index (χ0v) is 10.6. The van der Waals surface area contributed by atoms with E-state index < -0.39 is 0 Å². The van der Waals surface area contributed by atoms with Gasteiger partial charge in [-0.1, -0.05) is 19.9 Å². The lowest BCUT2D eigenvalue weighted by atomic mass is 10.0. The lowest BCUT2D eigenvalue weighted by Gasteiger charge is -2.07. The first-order valence-corrected chi connectivity index (χ1v) is 6.03. The van der Waals surface area contributed by atoms with Crippen LogP contribution in [0.25, 0.3) is 11.3 Å². The molecule has 0 saturated carbocycles. The number of hydrogen-bond acceptors (Lipinski definition) is 4. The van der Waals surface area contributed by atoms with Crippen molar-refractivity contribution in [3.8, 4) is 11.3 Å². The predicted octanol–water partition coefficient (Wildman–Crippen LogP) is 2.41. The fourth-order valence-corrected chi connectivity index (χ4v) is 1.87. The summed E-state index contributed by atoms with van der Waals surface area (Å²) in [5.41, 5.74) is 8.37. The molecule has 1 heterocycles. The number of rotatable bonds is 3. The molecule has 0 aliphatic rings. The molecule has 0 saturated heterocycles. The van der Waals surface area contributed by atoms with Gasteiger partial charge in [0, 0.05) is 11.6 Å².